The Morgan fingerprint density at radius 1 is 1.26 bits per heavy atom. The summed E-state index contributed by atoms with van der Waals surface area (Å²) < 4.78 is 0.908. The van der Waals surface area contributed by atoms with Gasteiger partial charge in [0.2, 0.25) is 11.8 Å². The minimum absolute atomic E-state index is 0.254. The molecule has 0 fully saturated rings. The number of benzene rings is 1. The van der Waals surface area contributed by atoms with Crippen molar-refractivity contribution >= 4 is 23.7 Å². The molecule has 0 saturated heterocycles. The first-order valence-corrected chi connectivity index (χ1v) is 8.98. The molecular formula is C18H21ClN4O4. The maximum absolute atomic E-state index is 12.1. The van der Waals surface area contributed by atoms with E-state index in [0.717, 1.165) is 36.5 Å². The Hall–Kier alpha value is -2.87. The number of aromatic nitrogens is 2. The molecule has 3 N–H and O–H groups in total. The van der Waals surface area contributed by atoms with Crippen LogP contribution in [0.25, 0.3) is 5.69 Å². The second-order valence-electron chi connectivity index (χ2n) is 5.91. The largest absolute Gasteiger partial charge is 0.493 e. The number of hydrogen-bond acceptors (Lipinski definition) is 5. The number of nitrogens with zero attached hydrogens (tertiary/aromatic N) is 2. The number of nitrogens with one attached hydrogen (secondary N) is 2. The van der Waals surface area contributed by atoms with E-state index in [0.29, 0.717) is 17.1 Å². The SMILES string of the molecule is CCCCCCC(=O)N/N=C/c1c(O)n(-c2ccc(Cl)cc2)c(=O)[nH]c1=O. The zero-order chi connectivity index (χ0) is 19.8. The summed E-state index contributed by atoms with van der Waals surface area (Å²) in [5, 5.41) is 14.5. The fourth-order valence-corrected chi connectivity index (χ4v) is 2.55. The summed E-state index contributed by atoms with van der Waals surface area (Å²) in [7, 11) is 0. The molecule has 0 aliphatic heterocycles. The number of halogens is 1. The summed E-state index contributed by atoms with van der Waals surface area (Å²) in [6.07, 6.45) is 5.17. The maximum atomic E-state index is 12.1. The monoisotopic (exact) mass is 392 g/mol. The molecule has 2 rings (SSSR count). The van der Waals surface area contributed by atoms with E-state index in [-0.39, 0.29) is 11.5 Å². The third kappa shape index (κ3) is 5.55. The number of amides is 1. The average molecular weight is 393 g/mol. The fraction of sp³-hybridized carbons (Fsp3) is 0.333. The summed E-state index contributed by atoms with van der Waals surface area (Å²) in [5.41, 5.74) is 0.740. The van der Waals surface area contributed by atoms with Gasteiger partial charge in [0.1, 0.15) is 5.56 Å². The van der Waals surface area contributed by atoms with Gasteiger partial charge in [0.15, 0.2) is 0 Å². The van der Waals surface area contributed by atoms with Crippen molar-refractivity contribution in [1.29, 1.82) is 0 Å². The highest BCUT2D eigenvalue weighted by Gasteiger charge is 2.14. The Morgan fingerprint density at radius 2 is 1.96 bits per heavy atom. The predicted octanol–water partition coefficient (Wildman–Crippen LogP) is 2.31. The summed E-state index contributed by atoms with van der Waals surface area (Å²) >= 11 is 5.82. The number of aromatic amines is 1. The van der Waals surface area contributed by atoms with Crippen molar-refractivity contribution in [2.24, 2.45) is 5.10 Å². The van der Waals surface area contributed by atoms with Crippen LogP contribution < -0.4 is 16.7 Å². The molecule has 0 unspecified atom stereocenters. The molecule has 0 spiro atoms. The number of carbonyl (C=O) groups excluding carboxylic acids is 1. The van der Waals surface area contributed by atoms with Gasteiger partial charge in [-0.1, -0.05) is 37.8 Å². The van der Waals surface area contributed by atoms with Gasteiger partial charge in [-0.15, -0.1) is 0 Å². The topological polar surface area (TPSA) is 117 Å². The average Bonchev–Trinajstić information content (AvgIpc) is 2.63. The summed E-state index contributed by atoms with van der Waals surface area (Å²) in [4.78, 5) is 37.8. The van der Waals surface area contributed by atoms with Gasteiger partial charge in [-0.3, -0.25) is 14.6 Å². The first-order valence-electron chi connectivity index (χ1n) is 8.60. The normalized spacial score (nSPS) is 11.0. The van der Waals surface area contributed by atoms with E-state index in [4.69, 9.17) is 11.6 Å². The van der Waals surface area contributed by atoms with Crippen molar-refractivity contribution in [2.45, 2.75) is 39.0 Å². The van der Waals surface area contributed by atoms with Crippen LogP contribution in [0.4, 0.5) is 0 Å². The van der Waals surface area contributed by atoms with Crippen molar-refractivity contribution in [1.82, 2.24) is 15.0 Å². The van der Waals surface area contributed by atoms with Crippen LogP contribution in [0.15, 0.2) is 39.0 Å². The van der Waals surface area contributed by atoms with E-state index in [9.17, 15) is 19.5 Å². The van der Waals surface area contributed by atoms with Crippen molar-refractivity contribution < 1.29 is 9.90 Å². The van der Waals surface area contributed by atoms with E-state index in [1.165, 1.54) is 12.1 Å². The number of H-pyrrole nitrogens is 1. The van der Waals surface area contributed by atoms with Crippen LogP contribution in [-0.4, -0.2) is 26.8 Å². The van der Waals surface area contributed by atoms with Gasteiger partial charge >= 0.3 is 5.69 Å². The molecule has 144 valence electrons. The summed E-state index contributed by atoms with van der Waals surface area (Å²) in [6.45, 7) is 2.08. The number of hydrazone groups is 1. The third-order valence-corrected chi connectivity index (χ3v) is 4.10. The summed E-state index contributed by atoms with van der Waals surface area (Å²) in [5.74, 6) is -0.878. The van der Waals surface area contributed by atoms with Crippen LogP contribution in [0.1, 0.15) is 44.6 Å². The number of carbonyl (C=O) groups is 1. The lowest BCUT2D eigenvalue weighted by Gasteiger charge is -2.09. The first kappa shape index (κ1) is 20.4. The third-order valence-electron chi connectivity index (χ3n) is 3.85. The summed E-state index contributed by atoms with van der Waals surface area (Å²) in [6, 6.07) is 6.11. The smallest absolute Gasteiger partial charge is 0.335 e. The van der Waals surface area contributed by atoms with E-state index >= 15 is 0 Å². The molecular weight excluding hydrogens is 372 g/mol. The van der Waals surface area contributed by atoms with Gasteiger partial charge in [-0.2, -0.15) is 5.10 Å². The zero-order valence-electron chi connectivity index (χ0n) is 14.9. The second-order valence-corrected chi connectivity index (χ2v) is 6.35. The van der Waals surface area contributed by atoms with Gasteiger partial charge in [0, 0.05) is 11.4 Å². The fourth-order valence-electron chi connectivity index (χ4n) is 2.42. The van der Waals surface area contributed by atoms with Crippen LogP contribution in [-0.2, 0) is 4.79 Å². The van der Waals surface area contributed by atoms with Gasteiger partial charge in [0.05, 0.1) is 11.9 Å². The standard InChI is InChI=1S/C18H21ClN4O4/c1-2-3-4-5-6-15(24)22-20-11-14-16(25)21-18(27)23(17(14)26)13-9-7-12(19)8-10-13/h7-11,26H,2-6H2,1H3,(H,22,24)(H,21,25,27)/b20-11+. The Kier molecular flexibility index (Phi) is 7.36. The molecule has 1 aromatic carbocycles. The number of rotatable bonds is 8. The lowest BCUT2D eigenvalue weighted by molar-refractivity contribution is -0.121. The van der Waals surface area contributed by atoms with Crippen molar-refractivity contribution in [3.8, 4) is 11.6 Å². The van der Waals surface area contributed by atoms with Gasteiger partial charge in [-0.25, -0.2) is 14.8 Å². The number of unbranched alkanes of at least 4 members (excludes halogenated alkanes) is 3. The van der Waals surface area contributed by atoms with Crippen LogP contribution in [0.5, 0.6) is 5.88 Å². The molecule has 2 aromatic rings. The molecule has 0 bridgehead atoms. The molecule has 27 heavy (non-hydrogen) atoms. The molecule has 0 aliphatic carbocycles. The minimum Gasteiger partial charge on any atom is -0.493 e. The first-order chi connectivity index (χ1) is 12.9. The molecule has 0 aliphatic rings. The highest BCUT2D eigenvalue weighted by Crippen LogP contribution is 2.17. The lowest BCUT2D eigenvalue weighted by Crippen LogP contribution is -2.31. The Bertz CT molecular complexity index is 932. The number of hydrogen-bond donors (Lipinski definition) is 3. The van der Waals surface area contributed by atoms with Crippen molar-refractivity contribution in [3.05, 3.63) is 55.7 Å². The molecule has 1 heterocycles. The zero-order valence-corrected chi connectivity index (χ0v) is 15.6. The van der Waals surface area contributed by atoms with Crippen LogP contribution in [0.2, 0.25) is 5.02 Å². The molecule has 0 saturated carbocycles. The molecule has 9 heteroatoms. The minimum atomic E-state index is -0.816. The van der Waals surface area contributed by atoms with Crippen LogP contribution in [0.3, 0.4) is 0 Å². The van der Waals surface area contributed by atoms with Gasteiger partial charge in [0.25, 0.3) is 5.56 Å². The second kappa shape index (κ2) is 9.72. The van der Waals surface area contributed by atoms with Crippen LogP contribution in [0, 0.1) is 0 Å². The number of aromatic hydroxyl groups is 1. The van der Waals surface area contributed by atoms with E-state index in [2.05, 4.69) is 22.4 Å². The van der Waals surface area contributed by atoms with Crippen LogP contribution >= 0.6 is 11.6 Å². The van der Waals surface area contributed by atoms with E-state index < -0.39 is 17.1 Å². The van der Waals surface area contributed by atoms with Crippen molar-refractivity contribution in [3.63, 3.8) is 0 Å². The molecule has 0 radical (unpaired) electrons. The predicted molar refractivity (Wildman–Crippen MR) is 104 cm³/mol. The van der Waals surface area contributed by atoms with Crippen molar-refractivity contribution in [2.75, 3.05) is 0 Å². The Morgan fingerprint density at radius 3 is 2.63 bits per heavy atom. The molecule has 1 aromatic heterocycles. The highest BCUT2D eigenvalue weighted by molar-refractivity contribution is 6.30. The van der Waals surface area contributed by atoms with E-state index in [1.807, 2.05) is 0 Å². The molecule has 0 atom stereocenters. The molecule has 8 nitrogen and oxygen atoms in total. The Labute approximate surface area is 160 Å². The highest BCUT2D eigenvalue weighted by atomic mass is 35.5. The quantitative estimate of drug-likeness (QED) is 0.363. The lowest BCUT2D eigenvalue weighted by atomic mass is 10.1. The maximum Gasteiger partial charge on any atom is 0.335 e. The van der Waals surface area contributed by atoms with Gasteiger partial charge in [-0.05, 0) is 30.7 Å². The van der Waals surface area contributed by atoms with E-state index in [1.54, 1.807) is 12.1 Å². The van der Waals surface area contributed by atoms with Gasteiger partial charge < -0.3 is 5.11 Å². The molecule has 1 amide bonds. The Balaban J connectivity index is 2.19.